The molecule has 0 aliphatic heterocycles. The van der Waals surface area contributed by atoms with Gasteiger partial charge in [-0.2, -0.15) is 0 Å². The lowest BCUT2D eigenvalue weighted by Crippen LogP contribution is -2.27. The van der Waals surface area contributed by atoms with E-state index in [1.165, 1.54) is 23.0 Å². The third-order valence-electron chi connectivity index (χ3n) is 3.65. The quantitative estimate of drug-likeness (QED) is 0.848. The van der Waals surface area contributed by atoms with Gasteiger partial charge < -0.3 is 9.67 Å². The fraction of sp³-hybridized carbons (Fsp3) is 0.467. The Morgan fingerprint density at radius 2 is 2.21 bits per heavy atom. The number of pyridine rings is 1. The Morgan fingerprint density at radius 3 is 2.84 bits per heavy atom. The van der Waals surface area contributed by atoms with Crippen molar-refractivity contribution in [1.29, 1.82) is 0 Å². The Morgan fingerprint density at radius 1 is 1.42 bits per heavy atom. The Balaban J connectivity index is 2.17. The molecule has 102 valence electrons. The number of aromatic nitrogens is 1. The highest BCUT2D eigenvalue weighted by atomic mass is 16.4. The molecule has 19 heavy (non-hydrogen) atoms. The number of carbonyl (C=O) groups is 1. The summed E-state index contributed by atoms with van der Waals surface area (Å²) in [6.45, 7) is 2.21. The molecule has 0 fully saturated rings. The lowest BCUT2D eigenvalue weighted by molar-refractivity contribution is 0.0693. The van der Waals surface area contributed by atoms with Crippen molar-refractivity contribution in [3.63, 3.8) is 0 Å². The fourth-order valence-corrected chi connectivity index (χ4v) is 2.50. The normalized spacial score (nSPS) is 15.1. The first-order chi connectivity index (χ1) is 9.09. The highest BCUT2D eigenvalue weighted by Gasteiger charge is 2.14. The van der Waals surface area contributed by atoms with Crippen LogP contribution in [0.3, 0.4) is 0 Å². The van der Waals surface area contributed by atoms with Crippen LogP contribution in [-0.4, -0.2) is 15.6 Å². The average Bonchev–Trinajstić information content (AvgIpc) is 2.38. The van der Waals surface area contributed by atoms with Gasteiger partial charge in [0.1, 0.15) is 5.56 Å². The van der Waals surface area contributed by atoms with Crippen LogP contribution in [-0.2, 0) is 6.54 Å². The maximum atomic E-state index is 12.1. The lowest BCUT2D eigenvalue weighted by atomic mass is 9.97. The number of rotatable bonds is 4. The van der Waals surface area contributed by atoms with E-state index in [0.717, 1.165) is 19.3 Å². The monoisotopic (exact) mass is 261 g/mol. The molecule has 1 aliphatic carbocycles. The number of nitrogens with zero attached hydrogens (tertiary/aromatic N) is 1. The number of hydrogen-bond acceptors (Lipinski definition) is 2. The molecule has 1 aromatic rings. The van der Waals surface area contributed by atoms with Crippen LogP contribution in [0.2, 0.25) is 0 Å². The Kier molecular flexibility index (Phi) is 4.20. The molecular weight excluding hydrogens is 242 g/mol. The van der Waals surface area contributed by atoms with Gasteiger partial charge >= 0.3 is 5.97 Å². The summed E-state index contributed by atoms with van der Waals surface area (Å²) in [5.41, 5.74) is 1.39. The molecule has 4 heteroatoms. The van der Waals surface area contributed by atoms with Gasteiger partial charge in [0.05, 0.1) is 0 Å². The largest absolute Gasteiger partial charge is 0.477 e. The van der Waals surface area contributed by atoms with Crippen LogP contribution in [0.1, 0.15) is 48.0 Å². The molecule has 0 saturated carbocycles. The topological polar surface area (TPSA) is 59.3 Å². The molecule has 1 aromatic heterocycles. The van der Waals surface area contributed by atoms with Gasteiger partial charge in [0.25, 0.3) is 5.56 Å². The summed E-state index contributed by atoms with van der Waals surface area (Å²) < 4.78 is 1.51. The fourth-order valence-electron chi connectivity index (χ4n) is 2.50. The second-order valence-electron chi connectivity index (χ2n) is 5.04. The molecule has 0 saturated heterocycles. The van der Waals surface area contributed by atoms with Gasteiger partial charge in [-0.1, -0.05) is 11.6 Å². The minimum atomic E-state index is -1.14. The molecule has 0 unspecified atom stereocenters. The summed E-state index contributed by atoms with van der Waals surface area (Å²) in [6.07, 6.45) is 9.47. The SMILES string of the molecule is Cc1ccn(CCC2=CCCCC2)c(=O)c1C(=O)O. The summed E-state index contributed by atoms with van der Waals surface area (Å²) in [4.78, 5) is 23.1. The molecule has 1 N–H and O–H groups in total. The van der Waals surface area contributed by atoms with Crippen LogP contribution in [0, 0.1) is 6.92 Å². The van der Waals surface area contributed by atoms with E-state index in [-0.39, 0.29) is 5.56 Å². The predicted molar refractivity (Wildman–Crippen MR) is 73.6 cm³/mol. The number of carboxylic acid groups (broad SMARTS) is 1. The van der Waals surface area contributed by atoms with Crippen molar-refractivity contribution in [2.24, 2.45) is 0 Å². The molecule has 0 amide bonds. The first kappa shape index (κ1) is 13.6. The van der Waals surface area contributed by atoms with E-state index in [4.69, 9.17) is 5.11 Å². The van der Waals surface area contributed by atoms with Gasteiger partial charge in [0.2, 0.25) is 0 Å². The van der Waals surface area contributed by atoms with E-state index in [0.29, 0.717) is 12.1 Å². The average molecular weight is 261 g/mol. The third-order valence-corrected chi connectivity index (χ3v) is 3.65. The molecule has 2 rings (SSSR count). The maximum absolute atomic E-state index is 12.1. The number of aromatic carboxylic acids is 1. The second-order valence-corrected chi connectivity index (χ2v) is 5.04. The summed E-state index contributed by atoms with van der Waals surface area (Å²) >= 11 is 0. The van der Waals surface area contributed by atoms with E-state index in [1.807, 2.05) is 0 Å². The zero-order valence-electron chi connectivity index (χ0n) is 11.2. The van der Waals surface area contributed by atoms with Crippen molar-refractivity contribution in [2.45, 2.75) is 45.6 Å². The van der Waals surface area contributed by atoms with E-state index in [9.17, 15) is 9.59 Å². The van der Waals surface area contributed by atoms with Gasteiger partial charge in [0.15, 0.2) is 0 Å². The predicted octanol–water partition coefficient (Wildman–Crippen LogP) is 2.75. The van der Waals surface area contributed by atoms with Gasteiger partial charge in [-0.15, -0.1) is 0 Å². The standard InChI is InChI=1S/C15H19NO3/c1-11-7-9-16(14(17)13(11)15(18)19)10-8-12-5-3-2-4-6-12/h5,7,9H,2-4,6,8,10H2,1H3,(H,18,19). The van der Waals surface area contributed by atoms with Gasteiger partial charge in [-0.05, 0) is 50.7 Å². The van der Waals surface area contributed by atoms with Crippen molar-refractivity contribution in [3.05, 3.63) is 45.4 Å². The lowest BCUT2D eigenvalue weighted by Gasteiger charge is -2.14. The Labute approximate surface area is 112 Å². The van der Waals surface area contributed by atoms with Crippen LogP contribution in [0.5, 0.6) is 0 Å². The van der Waals surface area contributed by atoms with Gasteiger partial charge in [-0.3, -0.25) is 4.79 Å². The summed E-state index contributed by atoms with van der Waals surface area (Å²) in [7, 11) is 0. The molecule has 4 nitrogen and oxygen atoms in total. The van der Waals surface area contributed by atoms with Gasteiger partial charge in [0, 0.05) is 12.7 Å². The molecule has 1 aliphatic rings. The third kappa shape index (κ3) is 3.13. The molecular formula is C15H19NO3. The van der Waals surface area contributed by atoms with Crippen molar-refractivity contribution in [3.8, 4) is 0 Å². The van der Waals surface area contributed by atoms with Gasteiger partial charge in [-0.25, -0.2) is 4.79 Å². The first-order valence-electron chi connectivity index (χ1n) is 6.71. The minimum absolute atomic E-state index is 0.111. The van der Waals surface area contributed by atoms with E-state index >= 15 is 0 Å². The highest BCUT2D eigenvalue weighted by Crippen LogP contribution is 2.20. The molecule has 0 aromatic carbocycles. The van der Waals surface area contributed by atoms with Crippen LogP contribution in [0.25, 0.3) is 0 Å². The zero-order chi connectivity index (χ0) is 13.8. The van der Waals surface area contributed by atoms with Crippen molar-refractivity contribution in [2.75, 3.05) is 0 Å². The molecule has 0 radical (unpaired) electrons. The smallest absolute Gasteiger partial charge is 0.341 e. The van der Waals surface area contributed by atoms with Crippen LogP contribution >= 0.6 is 0 Å². The Hall–Kier alpha value is -1.84. The molecule has 0 bridgehead atoms. The van der Waals surface area contributed by atoms with E-state index < -0.39 is 11.5 Å². The molecule has 0 atom stereocenters. The summed E-state index contributed by atoms with van der Waals surface area (Å²) in [5.74, 6) is -1.14. The van der Waals surface area contributed by atoms with Crippen molar-refractivity contribution in [1.82, 2.24) is 4.57 Å². The minimum Gasteiger partial charge on any atom is -0.477 e. The zero-order valence-corrected chi connectivity index (χ0v) is 11.2. The van der Waals surface area contributed by atoms with Crippen LogP contribution in [0.4, 0.5) is 0 Å². The first-order valence-corrected chi connectivity index (χ1v) is 6.71. The number of allylic oxidation sites excluding steroid dienone is 2. The van der Waals surface area contributed by atoms with E-state index in [1.54, 1.807) is 19.2 Å². The van der Waals surface area contributed by atoms with Crippen molar-refractivity contribution >= 4 is 5.97 Å². The van der Waals surface area contributed by atoms with Crippen molar-refractivity contribution < 1.29 is 9.90 Å². The Bertz CT molecular complexity index is 569. The van der Waals surface area contributed by atoms with E-state index in [2.05, 4.69) is 6.08 Å². The highest BCUT2D eigenvalue weighted by molar-refractivity contribution is 5.88. The number of hydrogen-bond donors (Lipinski definition) is 1. The molecule has 1 heterocycles. The second kappa shape index (κ2) is 5.87. The number of aryl methyl sites for hydroxylation is 2. The summed E-state index contributed by atoms with van der Waals surface area (Å²) in [5, 5.41) is 9.06. The van der Waals surface area contributed by atoms with Crippen LogP contribution in [0.15, 0.2) is 28.7 Å². The molecule has 0 spiro atoms. The summed E-state index contributed by atoms with van der Waals surface area (Å²) in [6, 6.07) is 1.69. The maximum Gasteiger partial charge on any atom is 0.341 e. The number of carboxylic acids is 1. The van der Waals surface area contributed by atoms with Crippen LogP contribution < -0.4 is 5.56 Å².